The van der Waals surface area contributed by atoms with Gasteiger partial charge < -0.3 is 15.1 Å². The fraction of sp³-hybridized carbons (Fsp3) is 0.952. The molecule has 1 aliphatic carbocycles. The topological polar surface area (TPSA) is 112 Å². The number of piperidine rings is 1. The van der Waals surface area contributed by atoms with E-state index >= 15 is 0 Å². The van der Waals surface area contributed by atoms with E-state index in [-0.39, 0.29) is 36.4 Å². The summed E-state index contributed by atoms with van der Waals surface area (Å²) in [6.45, 7) is 5.46. The number of nitrogens with zero attached hydrogens (tertiary/aromatic N) is 4. The van der Waals surface area contributed by atoms with E-state index in [0.29, 0.717) is 19.0 Å². The first-order valence-corrected chi connectivity index (χ1v) is 14.0. The Labute approximate surface area is 197 Å². The molecule has 5 fully saturated rings. The van der Waals surface area contributed by atoms with Crippen LogP contribution in [0.2, 0.25) is 0 Å². The Bertz CT molecular complexity index is 841. The summed E-state index contributed by atoms with van der Waals surface area (Å²) in [7, 11) is 0.421. The first-order valence-electron chi connectivity index (χ1n) is 12.5. The number of nitrogens with one attached hydrogen (secondary N) is 4. The van der Waals surface area contributed by atoms with Crippen molar-refractivity contribution in [2.24, 2.45) is 5.92 Å². The third kappa shape index (κ3) is 4.51. The van der Waals surface area contributed by atoms with Gasteiger partial charge in [-0.3, -0.25) is 10.9 Å². The van der Waals surface area contributed by atoms with Crippen molar-refractivity contribution in [3.05, 3.63) is 0 Å². The molecule has 0 aromatic carbocycles. The number of urea groups is 1. The summed E-state index contributed by atoms with van der Waals surface area (Å²) in [4.78, 5) is 16.4. The van der Waals surface area contributed by atoms with Crippen LogP contribution in [0.1, 0.15) is 39.0 Å². The van der Waals surface area contributed by atoms with Crippen LogP contribution in [0.15, 0.2) is 0 Å². The summed E-state index contributed by atoms with van der Waals surface area (Å²) in [6.07, 6.45) is 4.83. The minimum Gasteiger partial charge on any atom is -0.326 e. The second-order valence-electron chi connectivity index (χ2n) is 10.6. The summed E-state index contributed by atoms with van der Waals surface area (Å²) in [6, 6.07) is 0.656. The molecule has 0 bridgehead atoms. The van der Waals surface area contributed by atoms with E-state index in [9.17, 15) is 13.2 Å². The lowest BCUT2D eigenvalue weighted by molar-refractivity contribution is 0.0709. The van der Waals surface area contributed by atoms with E-state index in [1.807, 2.05) is 24.0 Å². The number of hydrogen-bond donors (Lipinski definition) is 4. The molecule has 188 valence electrons. The molecule has 4 saturated heterocycles. The maximum absolute atomic E-state index is 13.3. The second kappa shape index (κ2) is 9.21. The van der Waals surface area contributed by atoms with Crippen molar-refractivity contribution in [3.8, 4) is 0 Å². The van der Waals surface area contributed by atoms with Gasteiger partial charge in [0, 0.05) is 64.4 Å². The van der Waals surface area contributed by atoms with Gasteiger partial charge in [0.2, 0.25) is 10.0 Å². The maximum Gasteiger partial charge on any atom is 0.320 e. The molecule has 0 radical (unpaired) electrons. The van der Waals surface area contributed by atoms with Crippen LogP contribution in [0.25, 0.3) is 0 Å². The summed E-state index contributed by atoms with van der Waals surface area (Å²) in [5.41, 5.74) is 6.70. The third-order valence-electron chi connectivity index (χ3n) is 8.40. The van der Waals surface area contributed by atoms with E-state index in [0.717, 1.165) is 51.7 Å². The largest absolute Gasteiger partial charge is 0.326 e. The maximum atomic E-state index is 13.3. The van der Waals surface area contributed by atoms with Crippen LogP contribution in [0.5, 0.6) is 0 Å². The van der Waals surface area contributed by atoms with Crippen LogP contribution < -0.4 is 20.9 Å². The van der Waals surface area contributed by atoms with Gasteiger partial charge in [-0.15, -0.1) is 0 Å². The first kappa shape index (κ1) is 23.7. The van der Waals surface area contributed by atoms with Crippen LogP contribution in [0, 0.1) is 5.92 Å². The number of carbonyl (C=O) groups excluding carboxylic acids is 1. The highest BCUT2D eigenvalue weighted by Crippen LogP contribution is 2.32. The molecule has 5 rings (SSSR count). The van der Waals surface area contributed by atoms with E-state index in [1.54, 1.807) is 4.90 Å². The van der Waals surface area contributed by atoms with Gasteiger partial charge in [0.1, 0.15) is 5.25 Å². The molecule has 33 heavy (non-hydrogen) atoms. The zero-order valence-corrected chi connectivity index (χ0v) is 20.9. The average molecular weight is 485 g/mol. The molecule has 11 nitrogen and oxygen atoms in total. The van der Waals surface area contributed by atoms with Crippen LogP contribution >= 0.6 is 0 Å². The Kier molecular flexibility index (Phi) is 6.62. The molecule has 0 aromatic heterocycles. The van der Waals surface area contributed by atoms with Gasteiger partial charge in [-0.1, -0.05) is 6.42 Å². The molecular weight excluding hydrogens is 444 g/mol. The number of sulfonamides is 1. The van der Waals surface area contributed by atoms with E-state index in [4.69, 9.17) is 0 Å². The Morgan fingerprint density at radius 2 is 1.88 bits per heavy atom. The normalized spacial score (nSPS) is 41.2. The van der Waals surface area contributed by atoms with E-state index in [2.05, 4.69) is 32.8 Å². The van der Waals surface area contributed by atoms with Gasteiger partial charge in [0.25, 0.3) is 0 Å². The standard InChI is InChI=1S/C21H40N8O3S/c1-14-12-26(2)21(30)29(14)16-7-8-22-19(9-16)28-13-17(11-24-28)33(31,32)25-18-6-4-5-15-10-23-27(3)20(15)18/h14-20,22-25H,4-13H2,1-3H3/t14-,15?,16?,17?,18?,19?,20?/m0/s1. The van der Waals surface area contributed by atoms with Gasteiger partial charge in [-0.25, -0.2) is 28.0 Å². The molecule has 6 unspecified atom stereocenters. The molecule has 0 spiro atoms. The molecular formula is C21H40N8O3S. The van der Waals surface area contributed by atoms with E-state index in [1.165, 1.54) is 0 Å². The van der Waals surface area contributed by atoms with Gasteiger partial charge in [-0.2, -0.15) is 0 Å². The molecule has 2 amide bonds. The number of hydrogen-bond acceptors (Lipinski definition) is 8. The zero-order chi connectivity index (χ0) is 23.3. The van der Waals surface area contributed by atoms with Gasteiger partial charge in [0.05, 0.1) is 6.17 Å². The highest BCUT2D eigenvalue weighted by molar-refractivity contribution is 7.90. The number of rotatable bonds is 5. The highest BCUT2D eigenvalue weighted by Gasteiger charge is 2.45. The highest BCUT2D eigenvalue weighted by atomic mass is 32.2. The van der Waals surface area contributed by atoms with Crippen LogP contribution in [-0.2, 0) is 10.0 Å². The van der Waals surface area contributed by atoms with Crippen LogP contribution in [0.3, 0.4) is 0 Å². The summed E-state index contributed by atoms with van der Waals surface area (Å²) in [5.74, 6) is 0.507. The quantitative estimate of drug-likeness (QED) is 0.390. The zero-order valence-electron chi connectivity index (χ0n) is 20.0. The van der Waals surface area contributed by atoms with Crippen molar-refractivity contribution < 1.29 is 13.2 Å². The molecule has 0 aromatic rings. The summed E-state index contributed by atoms with van der Waals surface area (Å²) in [5, 5.41) is 7.18. The van der Waals surface area contributed by atoms with Crippen molar-refractivity contribution in [3.63, 3.8) is 0 Å². The predicted molar refractivity (Wildman–Crippen MR) is 125 cm³/mol. The lowest BCUT2D eigenvalue weighted by Crippen LogP contribution is -2.58. The minimum absolute atomic E-state index is 0.0130. The van der Waals surface area contributed by atoms with Crippen molar-refractivity contribution in [2.45, 2.75) is 74.6 Å². The lowest BCUT2D eigenvalue weighted by atomic mass is 9.82. The van der Waals surface area contributed by atoms with Crippen molar-refractivity contribution in [2.75, 3.05) is 46.8 Å². The number of fused-ring (bicyclic) bond motifs is 1. The lowest BCUT2D eigenvalue weighted by Gasteiger charge is -2.40. The average Bonchev–Trinajstić information content (AvgIpc) is 3.48. The van der Waals surface area contributed by atoms with Gasteiger partial charge >= 0.3 is 6.03 Å². The predicted octanol–water partition coefficient (Wildman–Crippen LogP) is -1.08. The van der Waals surface area contributed by atoms with E-state index < -0.39 is 15.3 Å². The Hall–Kier alpha value is -1.02. The van der Waals surface area contributed by atoms with Crippen LogP contribution in [-0.4, -0.2) is 117 Å². The monoisotopic (exact) mass is 484 g/mol. The summed E-state index contributed by atoms with van der Waals surface area (Å²) < 4.78 is 29.7. The SMILES string of the molecule is C[C@H]1CN(C)C(=O)N1C1CCNC(N2CC(S(=O)(=O)NC3CCCC4CNN(C)C43)CN2)C1. The molecule has 12 heteroatoms. The number of hydrazine groups is 2. The molecule has 7 atom stereocenters. The summed E-state index contributed by atoms with van der Waals surface area (Å²) >= 11 is 0. The third-order valence-corrected chi connectivity index (χ3v) is 10.2. The Morgan fingerprint density at radius 3 is 2.64 bits per heavy atom. The van der Waals surface area contributed by atoms with Crippen LogP contribution in [0.4, 0.5) is 4.79 Å². The molecule has 5 aliphatic rings. The van der Waals surface area contributed by atoms with Crippen molar-refractivity contribution in [1.29, 1.82) is 0 Å². The smallest absolute Gasteiger partial charge is 0.320 e. The van der Waals surface area contributed by atoms with Gasteiger partial charge in [-0.05, 0) is 45.1 Å². The molecule has 4 N–H and O–H groups in total. The molecule has 4 heterocycles. The second-order valence-corrected chi connectivity index (χ2v) is 12.6. The van der Waals surface area contributed by atoms with Gasteiger partial charge in [0.15, 0.2) is 0 Å². The minimum atomic E-state index is -3.45. The fourth-order valence-electron chi connectivity index (χ4n) is 6.72. The van der Waals surface area contributed by atoms with Crippen molar-refractivity contribution >= 4 is 16.1 Å². The molecule has 1 saturated carbocycles. The number of carbonyl (C=O) groups is 1. The fourth-order valence-corrected chi connectivity index (χ4v) is 8.25. The molecule has 4 aliphatic heterocycles. The number of likely N-dealkylation sites (N-methyl/N-ethyl adjacent to an activating group) is 2. The first-order chi connectivity index (χ1) is 15.7. The van der Waals surface area contributed by atoms with Crippen molar-refractivity contribution in [1.82, 2.24) is 40.7 Å². The Morgan fingerprint density at radius 1 is 1.06 bits per heavy atom. The Balaban J connectivity index is 1.20. The number of amides is 2.